The first-order chi connectivity index (χ1) is 9.61. The van der Waals surface area contributed by atoms with Gasteiger partial charge in [-0.3, -0.25) is 0 Å². The summed E-state index contributed by atoms with van der Waals surface area (Å²) in [5.74, 6) is 0.424. The number of rotatable bonds is 5. The number of hydrogen-bond acceptors (Lipinski definition) is 3. The zero-order valence-electron chi connectivity index (χ0n) is 12.0. The Morgan fingerprint density at radius 3 is 2.75 bits per heavy atom. The molecule has 3 nitrogen and oxygen atoms in total. The average molecular weight is 274 g/mol. The Bertz CT molecular complexity index is 574. The van der Waals surface area contributed by atoms with Gasteiger partial charge in [-0.15, -0.1) is 0 Å². The van der Waals surface area contributed by atoms with E-state index in [9.17, 15) is 4.39 Å². The lowest BCUT2D eigenvalue weighted by Gasteiger charge is -2.27. The fourth-order valence-electron chi connectivity index (χ4n) is 2.19. The number of likely N-dealkylation sites (N-methyl/N-ethyl adjacent to an activating group) is 1. The van der Waals surface area contributed by atoms with Gasteiger partial charge in [0.1, 0.15) is 5.75 Å². The molecule has 0 aliphatic rings. The van der Waals surface area contributed by atoms with Gasteiger partial charge in [0.15, 0.2) is 0 Å². The first-order valence-corrected chi connectivity index (χ1v) is 6.58. The van der Waals surface area contributed by atoms with Crippen LogP contribution in [0.2, 0.25) is 0 Å². The van der Waals surface area contributed by atoms with Crippen LogP contribution in [-0.2, 0) is 6.42 Å². The molecule has 20 heavy (non-hydrogen) atoms. The third-order valence-corrected chi connectivity index (χ3v) is 3.49. The molecule has 0 bridgehead atoms. The molecule has 0 aliphatic carbocycles. The van der Waals surface area contributed by atoms with E-state index in [0.717, 1.165) is 23.4 Å². The maximum atomic E-state index is 13.2. The summed E-state index contributed by atoms with van der Waals surface area (Å²) >= 11 is 0. The number of para-hydroxylation sites is 1. The van der Waals surface area contributed by atoms with Crippen LogP contribution in [-0.4, -0.2) is 25.2 Å². The van der Waals surface area contributed by atoms with Crippen molar-refractivity contribution in [2.24, 2.45) is 0 Å². The standard InChI is InChI=1S/C16H19FN2O/c1-12(10-13-6-4-5-7-15(13)20-3)19(2)14-8-9-18-16(17)11-14/h4-9,11-12H,10H2,1-3H3. The highest BCUT2D eigenvalue weighted by Crippen LogP contribution is 2.22. The van der Waals surface area contributed by atoms with Crippen LogP contribution < -0.4 is 9.64 Å². The minimum absolute atomic E-state index is 0.216. The molecule has 1 atom stereocenters. The highest BCUT2D eigenvalue weighted by Gasteiger charge is 2.13. The second-order valence-electron chi connectivity index (χ2n) is 4.81. The lowest BCUT2D eigenvalue weighted by Crippen LogP contribution is -2.30. The minimum atomic E-state index is -0.459. The molecule has 0 radical (unpaired) electrons. The van der Waals surface area contributed by atoms with Crippen LogP contribution in [0.15, 0.2) is 42.6 Å². The third kappa shape index (κ3) is 3.26. The molecule has 106 valence electrons. The van der Waals surface area contributed by atoms with Gasteiger partial charge in [0.25, 0.3) is 0 Å². The van der Waals surface area contributed by atoms with Crippen LogP contribution in [0.3, 0.4) is 0 Å². The van der Waals surface area contributed by atoms with Crippen molar-refractivity contribution in [3.8, 4) is 5.75 Å². The Hall–Kier alpha value is -2.10. The molecule has 4 heteroatoms. The van der Waals surface area contributed by atoms with Crippen molar-refractivity contribution in [1.82, 2.24) is 4.98 Å². The van der Waals surface area contributed by atoms with E-state index >= 15 is 0 Å². The van der Waals surface area contributed by atoms with Crippen LogP contribution >= 0.6 is 0 Å². The second kappa shape index (κ2) is 6.37. The lowest BCUT2D eigenvalue weighted by atomic mass is 10.0. The molecule has 1 aromatic carbocycles. The van der Waals surface area contributed by atoms with Crippen LogP contribution in [0.5, 0.6) is 5.75 Å². The number of benzene rings is 1. The number of methoxy groups -OCH3 is 1. The van der Waals surface area contributed by atoms with Gasteiger partial charge in [0.2, 0.25) is 5.95 Å². The molecule has 0 aliphatic heterocycles. The smallest absolute Gasteiger partial charge is 0.214 e. The Kier molecular flexibility index (Phi) is 4.56. The van der Waals surface area contributed by atoms with E-state index in [2.05, 4.69) is 18.0 Å². The van der Waals surface area contributed by atoms with Crippen LogP contribution in [0.1, 0.15) is 12.5 Å². The monoisotopic (exact) mass is 274 g/mol. The van der Waals surface area contributed by atoms with Crippen molar-refractivity contribution in [1.29, 1.82) is 0 Å². The number of halogens is 1. The van der Waals surface area contributed by atoms with E-state index < -0.39 is 5.95 Å². The highest BCUT2D eigenvalue weighted by atomic mass is 19.1. The lowest BCUT2D eigenvalue weighted by molar-refractivity contribution is 0.408. The Labute approximate surface area is 119 Å². The van der Waals surface area contributed by atoms with Crippen LogP contribution in [0.25, 0.3) is 0 Å². The van der Waals surface area contributed by atoms with E-state index in [1.807, 2.05) is 36.2 Å². The van der Waals surface area contributed by atoms with Crippen molar-refractivity contribution in [3.05, 3.63) is 54.1 Å². The van der Waals surface area contributed by atoms with Gasteiger partial charge in [-0.2, -0.15) is 4.39 Å². The van der Waals surface area contributed by atoms with Gasteiger partial charge < -0.3 is 9.64 Å². The average Bonchev–Trinajstić information content (AvgIpc) is 2.47. The number of ether oxygens (including phenoxy) is 1. The van der Waals surface area contributed by atoms with Crippen LogP contribution in [0, 0.1) is 5.95 Å². The van der Waals surface area contributed by atoms with Gasteiger partial charge in [-0.1, -0.05) is 18.2 Å². The quantitative estimate of drug-likeness (QED) is 0.782. The largest absolute Gasteiger partial charge is 0.496 e. The molecule has 2 rings (SSSR count). The van der Waals surface area contributed by atoms with E-state index in [4.69, 9.17) is 4.74 Å². The van der Waals surface area contributed by atoms with E-state index in [1.165, 1.54) is 12.3 Å². The minimum Gasteiger partial charge on any atom is -0.496 e. The molecule has 0 fully saturated rings. The zero-order chi connectivity index (χ0) is 14.5. The number of hydrogen-bond donors (Lipinski definition) is 0. The second-order valence-corrected chi connectivity index (χ2v) is 4.81. The fourth-order valence-corrected chi connectivity index (χ4v) is 2.19. The molecule has 1 heterocycles. The van der Waals surface area contributed by atoms with Gasteiger partial charge in [-0.05, 0) is 31.0 Å². The number of aromatic nitrogens is 1. The van der Waals surface area contributed by atoms with E-state index in [1.54, 1.807) is 7.11 Å². The van der Waals surface area contributed by atoms with Gasteiger partial charge in [0, 0.05) is 31.0 Å². The van der Waals surface area contributed by atoms with Crippen molar-refractivity contribution >= 4 is 5.69 Å². The summed E-state index contributed by atoms with van der Waals surface area (Å²) in [5, 5.41) is 0. The molecule has 1 aromatic heterocycles. The molecule has 2 aromatic rings. The van der Waals surface area contributed by atoms with Crippen molar-refractivity contribution in [3.63, 3.8) is 0 Å². The predicted molar refractivity (Wildman–Crippen MR) is 78.8 cm³/mol. The van der Waals surface area contributed by atoms with Gasteiger partial charge in [0.05, 0.1) is 7.11 Å². The molecule has 0 saturated heterocycles. The van der Waals surface area contributed by atoms with Gasteiger partial charge in [-0.25, -0.2) is 4.98 Å². The zero-order valence-corrected chi connectivity index (χ0v) is 12.0. The summed E-state index contributed by atoms with van der Waals surface area (Å²) in [6, 6.07) is 11.4. The fraction of sp³-hybridized carbons (Fsp3) is 0.312. The Morgan fingerprint density at radius 1 is 1.30 bits per heavy atom. The van der Waals surface area contributed by atoms with Crippen molar-refractivity contribution in [2.75, 3.05) is 19.1 Å². The summed E-state index contributed by atoms with van der Waals surface area (Å²) in [4.78, 5) is 5.62. The summed E-state index contributed by atoms with van der Waals surface area (Å²) in [6.45, 7) is 2.10. The number of anilines is 1. The highest BCUT2D eigenvalue weighted by molar-refractivity contribution is 5.46. The maximum Gasteiger partial charge on any atom is 0.214 e. The first kappa shape index (κ1) is 14.3. The number of pyridine rings is 1. The number of nitrogens with zero attached hydrogens (tertiary/aromatic N) is 2. The maximum absolute atomic E-state index is 13.2. The summed E-state index contributed by atoms with van der Waals surface area (Å²) in [6.07, 6.45) is 2.31. The van der Waals surface area contributed by atoms with Crippen LogP contribution in [0.4, 0.5) is 10.1 Å². The summed E-state index contributed by atoms with van der Waals surface area (Å²) < 4.78 is 18.5. The van der Waals surface area contributed by atoms with E-state index in [-0.39, 0.29) is 6.04 Å². The SMILES string of the molecule is COc1ccccc1CC(C)N(C)c1ccnc(F)c1. The molecular weight excluding hydrogens is 255 g/mol. The first-order valence-electron chi connectivity index (χ1n) is 6.58. The molecule has 0 amide bonds. The van der Waals surface area contributed by atoms with Crippen molar-refractivity contribution < 1.29 is 9.13 Å². The molecule has 0 N–H and O–H groups in total. The molecule has 0 saturated carbocycles. The third-order valence-electron chi connectivity index (χ3n) is 3.49. The summed E-state index contributed by atoms with van der Waals surface area (Å²) in [5.41, 5.74) is 1.96. The molecular formula is C16H19FN2O. The molecule has 1 unspecified atom stereocenters. The van der Waals surface area contributed by atoms with E-state index in [0.29, 0.717) is 0 Å². The normalized spacial score (nSPS) is 12.0. The Balaban J connectivity index is 2.13. The Morgan fingerprint density at radius 2 is 2.05 bits per heavy atom. The predicted octanol–water partition coefficient (Wildman–Crippen LogP) is 3.30. The van der Waals surface area contributed by atoms with Crippen molar-refractivity contribution in [2.45, 2.75) is 19.4 Å². The summed E-state index contributed by atoms with van der Waals surface area (Å²) in [7, 11) is 3.63. The van der Waals surface area contributed by atoms with Gasteiger partial charge >= 0.3 is 0 Å². The molecule has 0 spiro atoms. The topological polar surface area (TPSA) is 25.4 Å².